The summed E-state index contributed by atoms with van der Waals surface area (Å²) in [5.41, 5.74) is 2.19. The van der Waals surface area contributed by atoms with Crippen LogP contribution in [0.15, 0.2) is 60.9 Å². The number of anilines is 1. The Bertz CT molecular complexity index is 1110. The largest absolute Gasteiger partial charge is 0.345 e. The Kier molecular flexibility index (Phi) is 5.71. The maximum Gasteiger partial charge on any atom is 0.254 e. The third-order valence-electron chi connectivity index (χ3n) is 3.99. The predicted octanol–water partition coefficient (Wildman–Crippen LogP) is 3.39. The fraction of sp³-hybridized carbons (Fsp3) is 0.158. The van der Waals surface area contributed by atoms with Crippen molar-refractivity contribution >= 4 is 33.2 Å². The molecule has 0 aliphatic heterocycles. The predicted molar refractivity (Wildman–Crippen MR) is 109 cm³/mol. The average molecular weight is 419 g/mol. The Labute approximate surface area is 168 Å². The third-order valence-corrected chi connectivity index (χ3v) is 4.81. The smallest absolute Gasteiger partial charge is 0.254 e. The summed E-state index contributed by atoms with van der Waals surface area (Å²) in [7, 11) is -3.43. The van der Waals surface area contributed by atoms with Gasteiger partial charge in [0.2, 0.25) is 10.0 Å². The molecule has 0 saturated carbocycles. The van der Waals surface area contributed by atoms with Gasteiger partial charge >= 0.3 is 0 Å². The summed E-state index contributed by atoms with van der Waals surface area (Å²) >= 11 is 5.99. The normalized spacial score (nSPS) is 12.4. The average Bonchev–Trinajstić information content (AvgIpc) is 3.11. The van der Waals surface area contributed by atoms with Crippen molar-refractivity contribution in [2.45, 2.75) is 13.0 Å². The number of benzene rings is 2. The van der Waals surface area contributed by atoms with Crippen LogP contribution < -0.4 is 10.0 Å². The van der Waals surface area contributed by atoms with E-state index in [-0.39, 0.29) is 5.91 Å². The lowest BCUT2D eigenvalue weighted by atomic mass is 10.1. The quantitative estimate of drug-likeness (QED) is 0.641. The Balaban J connectivity index is 1.77. The molecule has 3 aromatic rings. The number of rotatable bonds is 6. The second-order valence-corrected chi connectivity index (χ2v) is 8.49. The van der Waals surface area contributed by atoms with Crippen molar-refractivity contribution in [3.8, 4) is 5.69 Å². The summed E-state index contributed by atoms with van der Waals surface area (Å²) in [4.78, 5) is 12.6. The van der Waals surface area contributed by atoms with E-state index in [1.165, 1.54) is 6.20 Å². The number of halogens is 1. The van der Waals surface area contributed by atoms with Gasteiger partial charge in [-0.3, -0.25) is 9.52 Å². The van der Waals surface area contributed by atoms with Crippen LogP contribution in [-0.4, -0.2) is 30.4 Å². The van der Waals surface area contributed by atoms with Crippen LogP contribution in [0, 0.1) is 0 Å². The molecule has 0 aliphatic carbocycles. The van der Waals surface area contributed by atoms with Gasteiger partial charge in [-0.15, -0.1) is 0 Å². The van der Waals surface area contributed by atoms with Crippen LogP contribution in [-0.2, 0) is 10.0 Å². The van der Waals surface area contributed by atoms with Crippen LogP contribution >= 0.6 is 11.6 Å². The van der Waals surface area contributed by atoms with Crippen molar-refractivity contribution in [3.05, 3.63) is 77.1 Å². The number of aromatic nitrogens is 2. The fourth-order valence-electron chi connectivity index (χ4n) is 2.72. The maximum absolute atomic E-state index is 12.6. The molecular formula is C19H19ClN4O3S. The van der Waals surface area contributed by atoms with Gasteiger partial charge < -0.3 is 5.32 Å². The number of hydrogen-bond donors (Lipinski definition) is 2. The fourth-order valence-corrected chi connectivity index (χ4v) is 3.49. The van der Waals surface area contributed by atoms with Gasteiger partial charge in [0.25, 0.3) is 5.91 Å². The minimum atomic E-state index is -3.43. The number of carbonyl (C=O) groups is 1. The number of carbonyl (C=O) groups excluding carboxylic acids is 1. The van der Waals surface area contributed by atoms with Gasteiger partial charge in [0.15, 0.2) is 0 Å². The number of para-hydroxylation sites is 1. The highest BCUT2D eigenvalue weighted by molar-refractivity contribution is 7.92. The molecule has 0 spiro atoms. The van der Waals surface area contributed by atoms with Gasteiger partial charge in [0, 0.05) is 11.2 Å². The van der Waals surface area contributed by atoms with Crippen molar-refractivity contribution in [1.82, 2.24) is 15.1 Å². The standard InChI is InChI=1S/C19H19ClN4O3S/c1-13(17-8-3-4-9-18(17)23-28(2,26)27)22-19(25)14-11-21-24(12-14)16-7-5-6-15(20)10-16/h3-13,23H,1-2H3,(H,22,25). The molecule has 1 aromatic heterocycles. The lowest BCUT2D eigenvalue weighted by molar-refractivity contribution is 0.0940. The molecule has 2 N–H and O–H groups in total. The Morgan fingerprint density at radius 1 is 1.18 bits per heavy atom. The number of hydrogen-bond acceptors (Lipinski definition) is 4. The van der Waals surface area contributed by atoms with Crippen molar-refractivity contribution in [3.63, 3.8) is 0 Å². The van der Waals surface area contributed by atoms with Crippen molar-refractivity contribution in [2.75, 3.05) is 11.0 Å². The summed E-state index contributed by atoms with van der Waals surface area (Å²) in [5, 5.41) is 7.63. The van der Waals surface area contributed by atoms with E-state index >= 15 is 0 Å². The summed E-state index contributed by atoms with van der Waals surface area (Å²) in [6.45, 7) is 1.78. The molecule has 0 fully saturated rings. The van der Waals surface area contributed by atoms with Gasteiger partial charge in [-0.1, -0.05) is 35.9 Å². The minimum absolute atomic E-state index is 0.324. The molecule has 2 aromatic carbocycles. The molecule has 146 valence electrons. The maximum atomic E-state index is 12.6. The van der Waals surface area contributed by atoms with E-state index < -0.39 is 16.1 Å². The highest BCUT2D eigenvalue weighted by Gasteiger charge is 2.17. The second kappa shape index (κ2) is 8.04. The molecule has 3 rings (SSSR count). The SMILES string of the molecule is CC(NC(=O)c1cnn(-c2cccc(Cl)c2)c1)c1ccccc1NS(C)(=O)=O. The van der Waals surface area contributed by atoms with E-state index in [0.29, 0.717) is 21.8 Å². The highest BCUT2D eigenvalue weighted by Crippen LogP contribution is 2.24. The lowest BCUT2D eigenvalue weighted by Gasteiger charge is -2.18. The Morgan fingerprint density at radius 3 is 2.64 bits per heavy atom. The second-order valence-electron chi connectivity index (χ2n) is 6.31. The zero-order valence-corrected chi connectivity index (χ0v) is 16.8. The van der Waals surface area contributed by atoms with Gasteiger partial charge in [0.05, 0.1) is 35.4 Å². The van der Waals surface area contributed by atoms with E-state index in [1.54, 1.807) is 60.3 Å². The molecular weight excluding hydrogens is 400 g/mol. The number of nitrogens with zero attached hydrogens (tertiary/aromatic N) is 2. The topological polar surface area (TPSA) is 93.1 Å². The molecule has 0 radical (unpaired) electrons. The molecule has 1 heterocycles. The van der Waals surface area contributed by atoms with Crippen LogP contribution in [0.5, 0.6) is 0 Å². The Morgan fingerprint density at radius 2 is 1.93 bits per heavy atom. The summed E-state index contributed by atoms with van der Waals surface area (Å²) in [6, 6.07) is 13.6. The molecule has 9 heteroatoms. The summed E-state index contributed by atoms with van der Waals surface area (Å²) in [5.74, 6) is -0.324. The van der Waals surface area contributed by atoms with Crippen molar-refractivity contribution < 1.29 is 13.2 Å². The molecule has 7 nitrogen and oxygen atoms in total. The molecule has 0 bridgehead atoms. The van der Waals surface area contributed by atoms with E-state index in [1.807, 2.05) is 6.07 Å². The zero-order valence-electron chi connectivity index (χ0n) is 15.3. The first kappa shape index (κ1) is 19.9. The van der Waals surface area contributed by atoms with Crippen LogP contribution in [0.25, 0.3) is 5.69 Å². The van der Waals surface area contributed by atoms with Gasteiger partial charge in [-0.05, 0) is 36.8 Å². The first-order chi connectivity index (χ1) is 13.2. The summed E-state index contributed by atoms with van der Waals surface area (Å²) in [6.07, 6.45) is 4.15. The number of amides is 1. The molecule has 1 atom stereocenters. The van der Waals surface area contributed by atoms with Crippen molar-refractivity contribution in [2.24, 2.45) is 0 Å². The Hall–Kier alpha value is -2.84. The van der Waals surface area contributed by atoms with E-state index in [4.69, 9.17) is 11.6 Å². The molecule has 0 aliphatic rings. The van der Waals surface area contributed by atoms with Gasteiger partial charge in [0.1, 0.15) is 0 Å². The minimum Gasteiger partial charge on any atom is -0.345 e. The zero-order chi connectivity index (χ0) is 20.3. The van der Waals surface area contributed by atoms with Crippen molar-refractivity contribution in [1.29, 1.82) is 0 Å². The summed E-state index contributed by atoms with van der Waals surface area (Å²) < 4.78 is 27.2. The first-order valence-corrected chi connectivity index (χ1v) is 10.7. The van der Waals surface area contributed by atoms with E-state index in [2.05, 4.69) is 15.1 Å². The molecule has 1 amide bonds. The van der Waals surface area contributed by atoms with Crippen LogP contribution in [0.2, 0.25) is 5.02 Å². The monoisotopic (exact) mass is 418 g/mol. The van der Waals surface area contributed by atoms with Crippen LogP contribution in [0.4, 0.5) is 5.69 Å². The van der Waals surface area contributed by atoms with E-state index in [0.717, 1.165) is 11.9 Å². The van der Waals surface area contributed by atoms with E-state index in [9.17, 15) is 13.2 Å². The third kappa shape index (κ3) is 4.90. The molecule has 0 saturated heterocycles. The van der Waals surface area contributed by atoms with Crippen LogP contribution in [0.3, 0.4) is 0 Å². The molecule has 1 unspecified atom stereocenters. The highest BCUT2D eigenvalue weighted by atomic mass is 35.5. The van der Waals surface area contributed by atoms with Gasteiger partial charge in [-0.2, -0.15) is 5.10 Å². The van der Waals surface area contributed by atoms with Gasteiger partial charge in [-0.25, -0.2) is 13.1 Å². The lowest BCUT2D eigenvalue weighted by Crippen LogP contribution is -2.27. The first-order valence-electron chi connectivity index (χ1n) is 8.41. The number of nitrogens with one attached hydrogen (secondary N) is 2. The molecule has 28 heavy (non-hydrogen) atoms. The number of sulfonamides is 1. The van der Waals surface area contributed by atoms with Crippen LogP contribution in [0.1, 0.15) is 28.9 Å².